The molecule has 2 aliphatic rings. The molecule has 0 bridgehead atoms. The van der Waals surface area contributed by atoms with Crippen LogP contribution in [-0.4, -0.2) is 18.2 Å². The van der Waals surface area contributed by atoms with Gasteiger partial charge in [-0.2, -0.15) is 0 Å². The summed E-state index contributed by atoms with van der Waals surface area (Å²) in [6.45, 7) is 2.26. The Morgan fingerprint density at radius 1 is 1.46 bits per heavy atom. The normalized spacial score (nSPS) is 24.5. The molecule has 1 spiro atoms. The summed E-state index contributed by atoms with van der Waals surface area (Å²) in [5, 5.41) is 7.05. The SMILES string of the molecule is C1=C(c2ccno2)CCC12CNC2. The van der Waals surface area contributed by atoms with Crippen LogP contribution >= 0.6 is 0 Å². The van der Waals surface area contributed by atoms with E-state index in [0.29, 0.717) is 5.41 Å². The van der Waals surface area contributed by atoms with E-state index in [4.69, 9.17) is 4.52 Å². The van der Waals surface area contributed by atoms with Crippen LogP contribution in [0.25, 0.3) is 5.57 Å². The van der Waals surface area contributed by atoms with E-state index in [0.717, 1.165) is 25.3 Å². The van der Waals surface area contributed by atoms with Crippen molar-refractivity contribution in [3.63, 3.8) is 0 Å². The van der Waals surface area contributed by atoms with Crippen molar-refractivity contribution in [2.75, 3.05) is 13.1 Å². The molecule has 0 radical (unpaired) electrons. The van der Waals surface area contributed by atoms with E-state index in [9.17, 15) is 0 Å². The third-order valence-electron chi connectivity index (χ3n) is 3.08. The summed E-state index contributed by atoms with van der Waals surface area (Å²) >= 11 is 0. The molecule has 1 aliphatic heterocycles. The predicted molar refractivity (Wildman–Crippen MR) is 49.0 cm³/mol. The largest absolute Gasteiger partial charge is 0.357 e. The van der Waals surface area contributed by atoms with Crippen molar-refractivity contribution in [2.24, 2.45) is 5.41 Å². The highest BCUT2D eigenvalue weighted by atomic mass is 16.5. The molecule has 1 fully saturated rings. The highest BCUT2D eigenvalue weighted by molar-refractivity contribution is 5.64. The molecule has 3 nitrogen and oxygen atoms in total. The smallest absolute Gasteiger partial charge is 0.162 e. The van der Waals surface area contributed by atoms with Gasteiger partial charge in [-0.25, -0.2) is 0 Å². The van der Waals surface area contributed by atoms with Crippen LogP contribution in [0.1, 0.15) is 18.6 Å². The van der Waals surface area contributed by atoms with Crippen LogP contribution < -0.4 is 5.32 Å². The fourth-order valence-electron chi connectivity index (χ4n) is 2.20. The van der Waals surface area contributed by atoms with Crippen LogP contribution in [0, 0.1) is 5.41 Å². The molecule has 3 rings (SSSR count). The summed E-state index contributed by atoms with van der Waals surface area (Å²) in [4.78, 5) is 0. The van der Waals surface area contributed by atoms with Gasteiger partial charge in [0.25, 0.3) is 0 Å². The molecule has 2 heterocycles. The third-order valence-corrected chi connectivity index (χ3v) is 3.08. The summed E-state index contributed by atoms with van der Waals surface area (Å²) in [5.41, 5.74) is 1.78. The molecule has 0 amide bonds. The summed E-state index contributed by atoms with van der Waals surface area (Å²) < 4.78 is 5.14. The van der Waals surface area contributed by atoms with E-state index in [2.05, 4.69) is 16.5 Å². The van der Waals surface area contributed by atoms with Gasteiger partial charge < -0.3 is 9.84 Å². The molecule has 0 atom stereocenters. The Morgan fingerprint density at radius 3 is 2.92 bits per heavy atom. The average Bonchev–Trinajstić information content (AvgIpc) is 2.71. The molecule has 13 heavy (non-hydrogen) atoms. The molecule has 0 aromatic carbocycles. The zero-order valence-corrected chi connectivity index (χ0v) is 7.42. The molecule has 1 aromatic heterocycles. The van der Waals surface area contributed by atoms with E-state index in [1.165, 1.54) is 12.0 Å². The monoisotopic (exact) mass is 176 g/mol. The molecule has 1 saturated heterocycles. The fraction of sp³-hybridized carbons (Fsp3) is 0.500. The molecule has 68 valence electrons. The molecular formula is C10H12N2O. The molecular weight excluding hydrogens is 164 g/mol. The first-order valence-electron chi connectivity index (χ1n) is 4.72. The summed E-state index contributed by atoms with van der Waals surface area (Å²) in [5.74, 6) is 0.948. The number of hydrogen-bond acceptors (Lipinski definition) is 3. The Bertz CT molecular complexity index is 336. The van der Waals surface area contributed by atoms with Gasteiger partial charge in [0.2, 0.25) is 0 Å². The zero-order valence-electron chi connectivity index (χ0n) is 7.42. The van der Waals surface area contributed by atoms with E-state index in [-0.39, 0.29) is 0 Å². The van der Waals surface area contributed by atoms with Gasteiger partial charge >= 0.3 is 0 Å². The van der Waals surface area contributed by atoms with Crippen LogP contribution in [0.5, 0.6) is 0 Å². The minimum absolute atomic E-state index is 0.447. The van der Waals surface area contributed by atoms with Gasteiger partial charge in [0, 0.05) is 24.6 Å². The molecule has 1 N–H and O–H groups in total. The van der Waals surface area contributed by atoms with Crippen LogP contribution in [0.15, 0.2) is 22.9 Å². The second kappa shape index (κ2) is 2.45. The molecule has 1 aromatic rings. The first-order valence-corrected chi connectivity index (χ1v) is 4.72. The lowest BCUT2D eigenvalue weighted by molar-refractivity contribution is 0.236. The molecule has 0 unspecified atom stereocenters. The number of allylic oxidation sites excluding steroid dienone is 1. The van der Waals surface area contributed by atoms with Gasteiger partial charge in [0.05, 0.1) is 6.20 Å². The lowest BCUT2D eigenvalue weighted by Gasteiger charge is -2.37. The Morgan fingerprint density at radius 2 is 2.38 bits per heavy atom. The maximum Gasteiger partial charge on any atom is 0.162 e. The van der Waals surface area contributed by atoms with Gasteiger partial charge in [-0.3, -0.25) is 0 Å². The van der Waals surface area contributed by atoms with Gasteiger partial charge in [-0.05, 0) is 18.4 Å². The van der Waals surface area contributed by atoms with Crippen molar-refractivity contribution in [1.82, 2.24) is 10.5 Å². The number of aromatic nitrogens is 1. The van der Waals surface area contributed by atoms with Crippen molar-refractivity contribution < 1.29 is 4.52 Å². The number of hydrogen-bond donors (Lipinski definition) is 1. The fourth-order valence-corrected chi connectivity index (χ4v) is 2.20. The van der Waals surface area contributed by atoms with Gasteiger partial charge in [0.15, 0.2) is 5.76 Å². The van der Waals surface area contributed by atoms with Crippen molar-refractivity contribution >= 4 is 5.57 Å². The minimum Gasteiger partial charge on any atom is -0.357 e. The predicted octanol–water partition coefficient (Wildman–Crippen LogP) is 1.44. The summed E-state index contributed by atoms with van der Waals surface area (Å²) in [6, 6.07) is 1.94. The highest BCUT2D eigenvalue weighted by Gasteiger charge is 2.39. The second-order valence-electron chi connectivity index (χ2n) is 4.01. The van der Waals surface area contributed by atoms with Gasteiger partial charge in [-0.1, -0.05) is 11.2 Å². The second-order valence-corrected chi connectivity index (χ2v) is 4.01. The van der Waals surface area contributed by atoms with Crippen LogP contribution in [-0.2, 0) is 0 Å². The lowest BCUT2D eigenvalue weighted by Crippen LogP contribution is -2.50. The van der Waals surface area contributed by atoms with Gasteiger partial charge in [-0.15, -0.1) is 0 Å². The van der Waals surface area contributed by atoms with Crippen LogP contribution in [0.2, 0.25) is 0 Å². The Balaban J connectivity index is 1.90. The molecule has 1 aliphatic carbocycles. The topological polar surface area (TPSA) is 38.1 Å². The summed E-state index contributed by atoms with van der Waals surface area (Å²) in [6.07, 6.45) is 6.47. The first kappa shape index (κ1) is 7.33. The van der Waals surface area contributed by atoms with E-state index in [1.807, 2.05) is 6.07 Å². The van der Waals surface area contributed by atoms with Crippen molar-refractivity contribution in [3.8, 4) is 0 Å². The van der Waals surface area contributed by atoms with Crippen molar-refractivity contribution in [2.45, 2.75) is 12.8 Å². The highest BCUT2D eigenvalue weighted by Crippen LogP contribution is 2.42. The maximum absolute atomic E-state index is 5.14. The van der Waals surface area contributed by atoms with Crippen molar-refractivity contribution in [3.05, 3.63) is 24.1 Å². The molecule has 0 saturated carbocycles. The number of nitrogens with one attached hydrogen (secondary N) is 1. The summed E-state index contributed by atoms with van der Waals surface area (Å²) in [7, 11) is 0. The molecule has 3 heteroatoms. The Hall–Kier alpha value is -1.09. The van der Waals surface area contributed by atoms with E-state index >= 15 is 0 Å². The van der Waals surface area contributed by atoms with Crippen LogP contribution in [0.3, 0.4) is 0 Å². The Kier molecular flexibility index (Phi) is 1.38. The van der Waals surface area contributed by atoms with Crippen LogP contribution in [0.4, 0.5) is 0 Å². The third kappa shape index (κ3) is 1.04. The zero-order chi connectivity index (χ0) is 8.73. The van der Waals surface area contributed by atoms with Crippen molar-refractivity contribution in [1.29, 1.82) is 0 Å². The Labute approximate surface area is 76.8 Å². The lowest BCUT2D eigenvalue weighted by atomic mass is 9.82. The number of rotatable bonds is 1. The maximum atomic E-state index is 5.14. The number of nitrogens with zero attached hydrogens (tertiary/aromatic N) is 1. The van der Waals surface area contributed by atoms with E-state index in [1.54, 1.807) is 6.20 Å². The van der Waals surface area contributed by atoms with E-state index < -0.39 is 0 Å². The quantitative estimate of drug-likeness (QED) is 0.703. The van der Waals surface area contributed by atoms with Gasteiger partial charge in [0.1, 0.15) is 0 Å². The standard InChI is InChI=1S/C10H12N2O/c1-3-10(6-11-7-10)5-8(1)9-2-4-12-13-9/h2,4-5,11H,1,3,6-7H2. The minimum atomic E-state index is 0.447. The first-order chi connectivity index (χ1) is 6.38. The average molecular weight is 176 g/mol.